The monoisotopic (exact) mass is 561 g/mol. The molecule has 7 aromatic carbocycles. The summed E-state index contributed by atoms with van der Waals surface area (Å²) in [7, 11) is 0. The van der Waals surface area contributed by atoms with Crippen LogP contribution in [0.15, 0.2) is 127 Å². The Bertz CT molecular complexity index is 2690. The first-order chi connectivity index (χ1) is 21.6. The van der Waals surface area contributed by atoms with Crippen molar-refractivity contribution in [1.29, 1.82) is 0 Å². The lowest BCUT2D eigenvalue weighted by Crippen LogP contribution is -2.24. The summed E-state index contributed by atoms with van der Waals surface area (Å²) in [6.45, 7) is 4.62. The van der Waals surface area contributed by atoms with Gasteiger partial charge in [0.1, 0.15) is 0 Å². The Morgan fingerprint density at radius 3 is 2.11 bits per heavy atom. The number of aromatic nitrogens is 3. The smallest absolute Gasteiger partial charge is 0.235 e. The van der Waals surface area contributed by atoms with Crippen molar-refractivity contribution >= 4 is 65.0 Å². The van der Waals surface area contributed by atoms with Crippen LogP contribution in [-0.2, 0) is 5.41 Å². The highest BCUT2D eigenvalue weighted by Crippen LogP contribution is 2.48. The van der Waals surface area contributed by atoms with Crippen molar-refractivity contribution in [3.8, 4) is 17.2 Å². The van der Waals surface area contributed by atoms with E-state index in [1.165, 1.54) is 59.8 Å². The van der Waals surface area contributed by atoms with Gasteiger partial charge in [0.15, 0.2) is 0 Å². The topological polar surface area (TPSA) is 30.7 Å². The normalized spacial score (nSPS) is 13.9. The van der Waals surface area contributed by atoms with E-state index in [4.69, 9.17) is 9.97 Å². The van der Waals surface area contributed by atoms with Crippen LogP contribution in [0.25, 0.3) is 82.2 Å². The molecule has 0 amide bonds. The second-order valence-electron chi connectivity index (χ2n) is 12.6. The summed E-state index contributed by atoms with van der Waals surface area (Å²) in [5.74, 6) is 0.705. The minimum absolute atomic E-state index is 0.132. The zero-order valence-electron chi connectivity index (χ0n) is 24.5. The van der Waals surface area contributed by atoms with Gasteiger partial charge in [-0.3, -0.25) is 4.57 Å². The van der Waals surface area contributed by atoms with E-state index < -0.39 is 0 Å². The number of benzene rings is 7. The van der Waals surface area contributed by atoms with Gasteiger partial charge in [0.05, 0.1) is 22.2 Å². The average molecular weight is 562 g/mol. The first kappa shape index (κ1) is 24.0. The van der Waals surface area contributed by atoms with Gasteiger partial charge in [-0.15, -0.1) is 0 Å². The van der Waals surface area contributed by atoms with Gasteiger partial charge < -0.3 is 0 Å². The Hall–Kier alpha value is -5.54. The van der Waals surface area contributed by atoms with Gasteiger partial charge >= 0.3 is 0 Å². The molecule has 2 heterocycles. The first-order valence-electron chi connectivity index (χ1n) is 15.3. The fraction of sp³-hybridized carbons (Fsp3) is 0.0732. The second kappa shape index (κ2) is 8.30. The SMILES string of the molecule is CC1(C)c2ccccc2-c2nc(-n3c4ccccc4c4c5ccc6ccc7ccccc7c6c5ccc43)nc3cccc1c23. The molecule has 0 spiro atoms. The van der Waals surface area contributed by atoms with E-state index >= 15 is 0 Å². The molecule has 0 radical (unpaired) electrons. The number of para-hydroxylation sites is 1. The molecule has 9 aromatic rings. The van der Waals surface area contributed by atoms with Gasteiger partial charge in [-0.25, -0.2) is 9.97 Å². The molecule has 1 aliphatic rings. The van der Waals surface area contributed by atoms with Crippen molar-refractivity contribution in [2.45, 2.75) is 19.3 Å². The van der Waals surface area contributed by atoms with Crippen LogP contribution in [0.2, 0.25) is 0 Å². The van der Waals surface area contributed by atoms with Crippen molar-refractivity contribution in [2.24, 2.45) is 0 Å². The average Bonchev–Trinajstić information content (AvgIpc) is 3.41. The number of hydrogen-bond acceptors (Lipinski definition) is 2. The third kappa shape index (κ3) is 2.96. The summed E-state index contributed by atoms with van der Waals surface area (Å²) in [6.07, 6.45) is 0. The standard InChI is InChI=1S/C41H27N3/c1-41(2)31-14-7-5-12-29(31)39-38-32(41)15-9-16-33(38)42-40(43-39)44-34-17-8-6-13-30(34)37-28-21-20-25-19-18-24-10-3-4-11-26(24)36(25)27(28)22-23-35(37)44/h3-23H,1-2H3. The maximum Gasteiger partial charge on any atom is 0.235 e. The molecular formula is C41H27N3. The van der Waals surface area contributed by atoms with Gasteiger partial charge in [-0.2, -0.15) is 0 Å². The van der Waals surface area contributed by atoms with E-state index in [-0.39, 0.29) is 5.41 Å². The Labute approximate surface area is 254 Å². The van der Waals surface area contributed by atoms with E-state index in [2.05, 4.69) is 146 Å². The van der Waals surface area contributed by atoms with Gasteiger partial charge in [0.25, 0.3) is 0 Å². The van der Waals surface area contributed by atoms with Gasteiger partial charge in [0.2, 0.25) is 5.95 Å². The molecule has 10 rings (SSSR count). The lowest BCUT2D eigenvalue weighted by Gasteiger charge is -2.34. The highest BCUT2D eigenvalue weighted by molar-refractivity contribution is 6.29. The largest absolute Gasteiger partial charge is 0.278 e. The summed E-state index contributed by atoms with van der Waals surface area (Å²) >= 11 is 0. The number of nitrogens with zero attached hydrogens (tertiary/aromatic N) is 3. The van der Waals surface area contributed by atoms with Crippen LogP contribution in [0.3, 0.4) is 0 Å². The minimum Gasteiger partial charge on any atom is -0.278 e. The molecule has 0 bridgehead atoms. The van der Waals surface area contributed by atoms with Crippen LogP contribution in [0.1, 0.15) is 25.0 Å². The maximum absolute atomic E-state index is 5.40. The van der Waals surface area contributed by atoms with Crippen LogP contribution in [-0.4, -0.2) is 14.5 Å². The van der Waals surface area contributed by atoms with E-state index in [1.54, 1.807) is 0 Å². The highest BCUT2D eigenvalue weighted by Gasteiger charge is 2.34. The Morgan fingerprint density at radius 1 is 0.477 bits per heavy atom. The van der Waals surface area contributed by atoms with E-state index in [0.29, 0.717) is 5.95 Å². The summed E-state index contributed by atoms with van der Waals surface area (Å²) in [5.41, 5.74) is 7.86. The fourth-order valence-electron chi connectivity index (χ4n) is 7.96. The molecule has 44 heavy (non-hydrogen) atoms. The summed E-state index contributed by atoms with van der Waals surface area (Å²) in [4.78, 5) is 10.7. The van der Waals surface area contributed by atoms with Crippen LogP contribution in [0, 0.1) is 0 Å². The Kier molecular flexibility index (Phi) is 4.52. The molecule has 0 unspecified atom stereocenters. The zero-order chi connectivity index (χ0) is 29.2. The van der Waals surface area contributed by atoms with Crippen LogP contribution >= 0.6 is 0 Å². The maximum atomic E-state index is 5.40. The van der Waals surface area contributed by atoms with Crippen LogP contribution in [0.5, 0.6) is 0 Å². The summed E-state index contributed by atoms with van der Waals surface area (Å²) in [5, 5.41) is 11.2. The lowest BCUT2D eigenvalue weighted by molar-refractivity contribution is 0.643. The van der Waals surface area contributed by atoms with Crippen molar-refractivity contribution in [3.63, 3.8) is 0 Å². The van der Waals surface area contributed by atoms with Crippen LogP contribution in [0.4, 0.5) is 0 Å². The first-order valence-corrected chi connectivity index (χ1v) is 15.3. The third-order valence-electron chi connectivity index (χ3n) is 9.98. The highest BCUT2D eigenvalue weighted by atomic mass is 15.2. The molecule has 3 nitrogen and oxygen atoms in total. The van der Waals surface area contributed by atoms with E-state index in [1.807, 2.05) is 0 Å². The predicted molar refractivity (Wildman–Crippen MR) is 184 cm³/mol. The molecular weight excluding hydrogens is 534 g/mol. The van der Waals surface area contributed by atoms with Crippen molar-refractivity contribution in [1.82, 2.24) is 14.5 Å². The number of rotatable bonds is 1. The molecule has 1 aliphatic carbocycles. The number of hydrogen-bond donors (Lipinski definition) is 0. The third-order valence-corrected chi connectivity index (χ3v) is 9.98. The zero-order valence-corrected chi connectivity index (χ0v) is 24.5. The molecule has 206 valence electrons. The Morgan fingerprint density at radius 2 is 1.18 bits per heavy atom. The fourth-order valence-corrected chi connectivity index (χ4v) is 7.96. The van der Waals surface area contributed by atoms with E-state index in [9.17, 15) is 0 Å². The van der Waals surface area contributed by atoms with Crippen molar-refractivity contribution in [3.05, 3.63) is 139 Å². The predicted octanol–water partition coefficient (Wildman–Crippen LogP) is 10.5. The summed E-state index contributed by atoms with van der Waals surface area (Å²) < 4.78 is 2.27. The van der Waals surface area contributed by atoms with Gasteiger partial charge in [-0.1, -0.05) is 123 Å². The molecule has 0 fully saturated rings. The van der Waals surface area contributed by atoms with Gasteiger partial charge in [-0.05, 0) is 61.6 Å². The molecule has 0 aliphatic heterocycles. The molecule has 0 saturated heterocycles. The molecule has 2 aromatic heterocycles. The van der Waals surface area contributed by atoms with Gasteiger partial charge in [0, 0.05) is 27.1 Å². The van der Waals surface area contributed by atoms with Crippen molar-refractivity contribution < 1.29 is 0 Å². The number of fused-ring (bicyclic) bond motifs is 11. The minimum atomic E-state index is -0.132. The van der Waals surface area contributed by atoms with Crippen molar-refractivity contribution in [2.75, 3.05) is 0 Å². The Balaban J connectivity index is 1.35. The second-order valence-corrected chi connectivity index (χ2v) is 12.6. The molecule has 0 atom stereocenters. The molecule has 0 N–H and O–H groups in total. The molecule has 0 saturated carbocycles. The molecule has 3 heteroatoms. The quantitative estimate of drug-likeness (QED) is 0.187. The summed E-state index contributed by atoms with van der Waals surface area (Å²) in [6, 6.07) is 46.2. The van der Waals surface area contributed by atoms with E-state index in [0.717, 1.165) is 27.6 Å². The van der Waals surface area contributed by atoms with Crippen LogP contribution < -0.4 is 0 Å². The lowest BCUT2D eigenvalue weighted by atomic mass is 9.70.